The van der Waals surface area contributed by atoms with E-state index in [1.165, 1.54) is 0 Å². The van der Waals surface area contributed by atoms with E-state index in [0.29, 0.717) is 31.1 Å². The highest BCUT2D eigenvalue weighted by Gasteiger charge is 2.19. The minimum Gasteiger partial charge on any atom is -0.380 e. The van der Waals surface area contributed by atoms with Gasteiger partial charge in [0.15, 0.2) is 0 Å². The van der Waals surface area contributed by atoms with Gasteiger partial charge in [-0.3, -0.25) is 4.79 Å². The van der Waals surface area contributed by atoms with E-state index in [1.807, 2.05) is 42.5 Å². The molecule has 0 radical (unpaired) electrons. The lowest BCUT2D eigenvalue weighted by molar-refractivity contribution is 0.102. The van der Waals surface area contributed by atoms with Crippen molar-refractivity contribution in [2.75, 3.05) is 38.3 Å². The Hall–Kier alpha value is -2.24. The minimum absolute atomic E-state index is 0.0761. The zero-order valence-corrected chi connectivity index (χ0v) is 13.2. The molecular weight excluding hydrogens is 292 g/mol. The maximum Gasteiger partial charge on any atom is 0.211 e. The largest absolute Gasteiger partial charge is 0.380 e. The maximum absolute atomic E-state index is 12.8. The molecule has 1 aromatic heterocycles. The van der Waals surface area contributed by atoms with Gasteiger partial charge in [0.05, 0.1) is 19.8 Å². The predicted molar refractivity (Wildman–Crippen MR) is 87.9 cm³/mol. The fourth-order valence-corrected chi connectivity index (χ4v) is 2.64. The second-order valence-electron chi connectivity index (χ2n) is 5.40. The predicted octanol–water partition coefficient (Wildman–Crippen LogP) is 2.30. The Morgan fingerprint density at radius 2 is 1.91 bits per heavy atom. The molecule has 3 rings (SSSR count). The van der Waals surface area contributed by atoms with Crippen LogP contribution in [-0.4, -0.2) is 44.2 Å². The van der Waals surface area contributed by atoms with Gasteiger partial charge >= 0.3 is 0 Å². The number of carbonyl (C=O) groups excluding carboxylic acids is 1. The molecule has 0 spiro atoms. The van der Waals surface area contributed by atoms with Crippen molar-refractivity contribution in [2.45, 2.75) is 6.61 Å². The van der Waals surface area contributed by atoms with E-state index >= 15 is 0 Å². The van der Waals surface area contributed by atoms with Crippen molar-refractivity contribution >= 4 is 11.6 Å². The van der Waals surface area contributed by atoms with Crippen LogP contribution in [0, 0.1) is 0 Å². The molecule has 0 N–H and O–H groups in total. The lowest BCUT2D eigenvalue weighted by Gasteiger charge is -2.28. The maximum atomic E-state index is 12.8. The average molecular weight is 312 g/mol. The molecular formula is C18H20N2O3. The van der Waals surface area contributed by atoms with E-state index in [1.54, 1.807) is 7.11 Å². The monoisotopic (exact) mass is 312 g/mol. The Morgan fingerprint density at radius 3 is 2.61 bits per heavy atom. The molecule has 1 aromatic carbocycles. The minimum atomic E-state index is -0.0761. The molecule has 0 amide bonds. The van der Waals surface area contributed by atoms with Crippen molar-refractivity contribution in [1.29, 1.82) is 0 Å². The molecule has 0 saturated carbocycles. The van der Waals surface area contributed by atoms with Gasteiger partial charge in [-0.05, 0) is 6.07 Å². The van der Waals surface area contributed by atoms with E-state index in [9.17, 15) is 4.79 Å². The zero-order valence-electron chi connectivity index (χ0n) is 13.2. The van der Waals surface area contributed by atoms with Gasteiger partial charge in [0.1, 0.15) is 11.5 Å². The summed E-state index contributed by atoms with van der Waals surface area (Å²) in [5.74, 6) is 0.736. The molecule has 0 bridgehead atoms. The van der Waals surface area contributed by atoms with Gasteiger partial charge in [-0.2, -0.15) is 0 Å². The summed E-state index contributed by atoms with van der Waals surface area (Å²) in [6.07, 6.45) is 0. The van der Waals surface area contributed by atoms with Crippen LogP contribution in [0.1, 0.15) is 21.6 Å². The number of benzene rings is 1. The quantitative estimate of drug-likeness (QED) is 0.793. The van der Waals surface area contributed by atoms with Crippen LogP contribution in [-0.2, 0) is 16.1 Å². The van der Waals surface area contributed by atoms with Gasteiger partial charge in [0.25, 0.3) is 0 Å². The molecule has 5 nitrogen and oxygen atoms in total. The lowest BCUT2D eigenvalue weighted by atomic mass is 10.0. The van der Waals surface area contributed by atoms with Crippen molar-refractivity contribution in [3.8, 4) is 0 Å². The van der Waals surface area contributed by atoms with Gasteiger partial charge < -0.3 is 14.4 Å². The smallest absolute Gasteiger partial charge is 0.211 e. The number of carbonyl (C=O) groups is 1. The zero-order chi connectivity index (χ0) is 16.1. The summed E-state index contributed by atoms with van der Waals surface area (Å²) in [5.41, 5.74) is 1.90. The number of hydrogen-bond acceptors (Lipinski definition) is 5. The highest BCUT2D eigenvalue weighted by atomic mass is 16.5. The Balaban J connectivity index is 1.96. The van der Waals surface area contributed by atoms with E-state index < -0.39 is 0 Å². The third kappa shape index (κ3) is 3.57. The van der Waals surface area contributed by atoms with Gasteiger partial charge in [0, 0.05) is 31.3 Å². The summed E-state index contributed by atoms with van der Waals surface area (Å²) in [4.78, 5) is 19.6. The van der Waals surface area contributed by atoms with Crippen molar-refractivity contribution in [1.82, 2.24) is 4.98 Å². The Morgan fingerprint density at radius 1 is 1.17 bits per heavy atom. The number of hydrogen-bond donors (Lipinski definition) is 0. The van der Waals surface area contributed by atoms with Crippen molar-refractivity contribution in [2.24, 2.45) is 0 Å². The standard InChI is InChI=1S/C18H20N2O3/c1-22-13-15-7-8-16(20-9-11-23-12-10-20)19-17(15)18(21)14-5-3-2-4-6-14/h2-8H,9-13H2,1H3. The Bertz CT molecular complexity index is 667. The van der Waals surface area contributed by atoms with Crippen LogP contribution < -0.4 is 4.90 Å². The van der Waals surface area contributed by atoms with E-state index in [0.717, 1.165) is 24.5 Å². The summed E-state index contributed by atoms with van der Waals surface area (Å²) < 4.78 is 10.6. The number of nitrogens with zero attached hydrogens (tertiary/aromatic N) is 2. The van der Waals surface area contributed by atoms with E-state index in [4.69, 9.17) is 9.47 Å². The molecule has 1 fully saturated rings. The second kappa shape index (κ2) is 7.35. The first kappa shape index (κ1) is 15.6. The second-order valence-corrected chi connectivity index (χ2v) is 5.40. The fraction of sp³-hybridized carbons (Fsp3) is 0.333. The van der Waals surface area contributed by atoms with Crippen LogP contribution in [0.2, 0.25) is 0 Å². The number of rotatable bonds is 5. The first-order valence-corrected chi connectivity index (χ1v) is 7.71. The third-order valence-electron chi connectivity index (χ3n) is 3.85. The molecule has 0 unspecified atom stereocenters. The molecule has 1 saturated heterocycles. The van der Waals surface area contributed by atoms with Crippen LogP contribution in [0.5, 0.6) is 0 Å². The molecule has 2 aromatic rings. The summed E-state index contributed by atoms with van der Waals surface area (Å²) in [7, 11) is 1.62. The topological polar surface area (TPSA) is 51.7 Å². The molecule has 23 heavy (non-hydrogen) atoms. The van der Waals surface area contributed by atoms with Crippen LogP contribution in [0.25, 0.3) is 0 Å². The van der Waals surface area contributed by atoms with Gasteiger partial charge in [0.2, 0.25) is 5.78 Å². The third-order valence-corrected chi connectivity index (χ3v) is 3.85. The first-order chi connectivity index (χ1) is 11.3. The molecule has 1 aliphatic heterocycles. The average Bonchev–Trinajstić information content (AvgIpc) is 2.63. The number of methoxy groups -OCH3 is 1. The number of pyridine rings is 1. The normalized spacial score (nSPS) is 14.7. The number of morpholine rings is 1. The van der Waals surface area contributed by atoms with Crippen molar-refractivity contribution in [3.63, 3.8) is 0 Å². The van der Waals surface area contributed by atoms with Gasteiger partial charge in [-0.25, -0.2) is 4.98 Å². The molecule has 120 valence electrons. The molecule has 5 heteroatoms. The number of anilines is 1. The van der Waals surface area contributed by atoms with E-state index in [-0.39, 0.29) is 5.78 Å². The summed E-state index contributed by atoms with van der Waals surface area (Å²) in [6.45, 7) is 3.31. The van der Waals surface area contributed by atoms with Crippen molar-refractivity contribution in [3.05, 3.63) is 59.3 Å². The number of ether oxygens (including phenoxy) is 2. The summed E-state index contributed by atoms with van der Waals surface area (Å²) >= 11 is 0. The van der Waals surface area contributed by atoms with E-state index in [2.05, 4.69) is 9.88 Å². The highest BCUT2D eigenvalue weighted by Crippen LogP contribution is 2.20. The fourth-order valence-electron chi connectivity index (χ4n) is 2.64. The summed E-state index contributed by atoms with van der Waals surface area (Å²) in [5, 5.41) is 0. The SMILES string of the molecule is COCc1ccc(N2CCOCC2)nc1C(=O)c1ccccc1. The van der Waals surface area contributed by atoms with Crippen LogP contribution >= 0.6 is 0 Å². The number of ketones is 1. The molecule has 0 aliphatic carbocycles. The van der Waals surface area contributed by atoms with Crippen LogP contribution in [0.4, 0.5) is 5.82 Å². The molecule has 0 atom stereocenters. The van der Waals surface area contributed by atoms with Gasteiger partial charge in [-0.15, -0.1) is 0 Å². The number of aromatic nitrogens is 1. The summed E-state index contributed by atoms with van der Waals surface area (Å²) in [6, 6.07) is 13.1. The first-order valence-electron chi connectivity index (χ1n) is 7.71. The highest BCUT2D eigenvalue weighted by molar-refractivity contribution is 6.08. The van der Waals surface area contributed by atoms with Gasteiger partial charge in [-0.1, -0.05) is 36.4 Å². The lowest BCUT2D eigenvalue weighted by Crippen LogP contribution is -2.37. The van der Waals surface area contributed by atoms with Crippen molar-refractivity contribution < 1.29 is 14.3 Å². The van der Waals surface area contributed by atoms with Crippen LogP contribution in [0.3, 0.4) is 0 Å². The Labute approximate surface area is 135 Å². The van der Waals surface area contributed by atoms with Crippen LogP contribution in [0.15, 0.2) is 42.5 Å². The Kier molecular flexibility index (Phi) is 5.00. The molecule has 1 aliphatic rings. The molecule has 2 heterocycles.